The summed E-state index contributed by atoms with van der Waals surface area (Å²) < 4.78 is 0. The Kier molecular flexibility index (Phi) is 5.30. The van der Waals surface area contributed by atoms with Gasteiger partial charge < -0.3 is 10.4 Å². The van der Waals surface area contributed by atoms with Crippen LogP contribution in [0.5, 0.6) is 0 Å². The molecule has 0 amide bonds. The predicted molar refractivity (Wildman–Crippen MR) is 88.4 cm³/mol. The number of hydrogen-bond acceptors (Lipinski definition) is 4. The average Bonchev–Trinajstić information content (AvgIpc) is 2.54. The van der Waals surface area contributed by atoms with Crippen LogP contribution < -0.4 is 5.32 Å². The molecule has 0 aliphatic heterocycles. The van der Waals surface area contributed by atoms with Gasteiger partial charge in [0.05, 0.1) is 10.5 Å². The highest BCUT2D eigenvalue weighted by Crippen LogP contribution is 2.29. The zero-order valence-electron chi connectivity index (χ0n) is 12.8. The van der Waals surface area contributed by atoms with E-state index in [1.54, 1.807) is 0 Å². The summed E-state index contributed by atoms with van der Waals surface area (Å²) in [6.45, 7) is 2.13. The zero-order chi connectivity index (χ0) is 16.8. The van der Waals surface area contributed by atoms with Crippen molar-refractivity contribution >= 4 is 23.0 Å². The number of nitro benzene ring substituents is 1. The third-order valence-corrected chi connectivity index (χ3v) is 3.49. The van der Waals surface area contributed by atoms with Crippen LogP contribution in [0.3, 0.4) is 0 Å². The van der Waals surface area contributed by atoms with E-state index in [0.29, 0.717) is 5.69 Å². The maximum absolute atomic E-state index is 11.1. The van der Waals surface area contributed by atoms with Gasteiger partial charge in [0.25, 0.3) is 5.69 Å². The normalized spacial score (nSPS) is 10.3. The molecule has 0 saturated carbocycles. The molecule has 6 nitrogen and oxygen atoms in total. The van der Waals surface area contributed by atoms with Crippen LogP contribution in [0.15, 0.2) is 42.5 Å². The summed E-state index contributed by atoms with van der Waals surface area (Å²) in [4.78, 5) is 21.6. The Morgan fingerprint density at radius 1 is 1.22 bits per heavy atom. The first kappa shape index (κ1) is 16.5. The van der Waals surface area contributed by atoms with Crippen molar-refractivity contribution in [3.63, 3.8) is 0 Å². The Balaban J connectivity index is 2.25. The predicted octanol–water partition coefficient (Wildman–Crippen LogP) is 4.38. The largest absolute Gasteiger partial charge is 0.478 e. The molecule has 0 bridgehead atoms. The summed E-state index contributed by atoms with van der Waals surface area (Å²) in [6.07, 6.45) is 3.22. The van der Waals surface area contributed by atoms with Gasteiger partial charge in [0.15, 0.2) is 0 Å². The van der Waals surface area contributed by atoms with Crippen LogP contribution in [0.1, 0.15) is 35.7 Å². The minimum Gasteiger partial charge on any atom is -0.478 e. The SMILES string of the molecule is CCCCc1ccc(Nc2cc(C(=O)O)ccc2[N+](=O)[O-])cc1. The van der Waals surface area contributed by atoms with Gasteiger partial charge in [0.2, 0.25) is 0 Å². The molecule has 6 heteroatoms. The molecule has 0 unspecified atom stereocenters. The molecule has 0 saturated heterocycles. The lowest BCUT2D eigenvalue weighted by Gasteiger charge is -2.09. The molecule has 2 aromatic carbocycles. The molecule has 0 radical (unpaired) electrons. The number of aromatic carboxylic acids is 1. The van der Waals surface area contributed by atoms with E-state index in [1.165, 1.54) is 23.8 Å². The number of nitrogens with one attached hydrogen (secondary N) is 1. The first-order chi connectivity index (χ1) is 11.0. The van der Waals surface area contributed by atoms with Gasteiger partial charge in [-0.25, -0.2) is 4.79 Å². The number of carbonyl (C=O) groups is 1. The first-order valence-corrected chi connectivity index (χ1v) is 7.39. The number of unbranched alkanes of at least 4 members (excludes halogenated alkanes) is 1. The highest BCUT2D eigenvalue weighted by molar-refractivity contribution is 5.90. The lowest BCUT2D eigenvalue weighted by Crippen LogP contribution is -2.02. The molecule has 2 N–H and O–H groups in total. The van der Waals surface area contributed by atoms with E-state index in [2.05, 4.69) is 12.2 Å². The standard InChI is InChI=1S/C17H18N2O4/c1-2-3-4-12-5-8-14(9-6-12)18-15-11-13(17(20)21)7-10-16(15)19(22)23/h5-11,18H,2-4H2,1H3,(H,20,21). The van der Waals surface area contributed by atoms with Crippen molar-refractivity contribution in [1.29, 1.82) is 0 Å². The Morgan fingerprint density at radius 3 is 2.48 bits per heavy atom. The molecule has 2 aromatic rings. The van der Waals surface area contributed by atoms with Gasteiger partial charge in [0.1, 0.15) is 5.69 Å². The van der Waals surface area contributed by atoms with Crippen LogP contribution in [-0.2, 0) is 6.42 Å². The number of anilines is 2. The van der Waals surface area contributed by atoms with Crippen LogP contribution in [0.25, 0.3) is 0 Å². The van der Waals surface area contributed by atoms with Crippen LogP contribution in [0.2, 0.25) is 0 Å². The van der Waals surface area contributed by atoms with Gasteiger partial charge in [-0.05, 0) is 42.7 Å². The topological polar surface area (TPSA) is 92.5 Å². The van der Waals surface area contributed by atoms with Crippen LogP contribution in [0, 0.1) is 10.1 Å². The van der Waals surface area contributed by atoms with Gasteiger partial charge in [-0.3, -0.25) is 10.1 Å². The molecular weight excluding hydrogens is 296 g/mol. The number of benzene rings is 2. The molecule has 0 aromatic heterocycles. The Labute approximate surface area is 133 Å². The number of rotatable bonds is 7. The summed E-state index contributed by atoms with van der Waals surface area (Å²) in [6, 6.07) is 11.3. The van der Waals surface area contributed by atoms with Crippen molar-refractivity contribution in [2.45, 2.75) is 26.2 Å². The molecule has 0 heterocycles. The van der Waals surface area contributed by atoms with E-state index in [0.717, 1.165) is 19.3 Å². The molecular formula is C17H18N2O4. The molecule has 0 fully saturated rings. The number of nitrogens with zero attached hydrogens (tertiary/aromatic N) is 1. The van der Waals surface area contributed by atoms with Crippen LogP contribution >= 0.6 is 0 Å². The summed E-state index contributed by atoms with van der Waals surface area (Å²) >= 11 is 0. The van der Waals surface area contributed by atoms with Gasteiger partial charge >= 0.3 is 5.97 Å². The van der Waals surface area contributed by atoms with E-state index >= 15 is 0 Å². The number of carboxylic acid groups (broad SMARTS) is 1. The van der Waals surface area contributed by atoms with Crippen LogP contribution in [0.4, 0.5) is 17.1 Å². The molecule has 0 aliphatic carbocycles. The van der Waals surface area contributed by atoms with Crippen molar-refractivity contribution in [3.05, 3.63) is 63.7 Å². The summed E-state index contributed by atoms with van der Waals surface area (Å²) in [5.41, 5.74) is 1.88. The highest BCUT2D eigenvalue weighted by atomic mass is 16.6. The highest BCUT2D eigenvalue weighted by Gasteiger charge is 2.16. The minimum atomic E-state index is -1.13. The number of carboxylic acids is 1. The first-order valence-electron chi connectivity index (χ1n) is 7.39. The molecule has 0 aliphatic rings. The van der Waals surface area contributed by atoms with E-state index in [-0.39, 0.29) is 16.9 Å². The third kappa shape index (κ3) is 4.29. The average molecular weight is 314 g/mol. The second-order valence-corrected chi connectivity index (χ2v) is 5.22. The summed E-state index contributed by atoms with van der Waals surface area (Å²) in [5, 5.41) is 23.0. The lowest BCUT2D eigenvalue weighted by molar-refractivity contribution is -0.383. The Hall–Kier alpha value is -2.89. The van der Waals surface area contributed by atoms with Gasteiger partial charge in [0, 0.05) is 11.8 Å². The molecule has 23 heavy (non-hydrogen) atoms. The second kappa shape index (κ2) is 7.40. The smallest absolute Gasteiger partial charge is 0.335 e. The van der Waals surface area contributed by atoms with Gasteiger partial charge in [-0.1, -0.05) is 25.5 Å². The number of aryl methyl sites for hydroxylation is 1. The fourth-order valence-corrected chi connectivity index (χ4v) is 2.22. The fraction of sp³-hybridized carbons (Fsp3) is 0.235. The van der Waals surface area contributed by atoms with Crippen molar-refractivity contribution in [1.82, 2.24) is 0 Å². The van der Waals surface area contributed by atoms with E-state index in [1.807, 2.05) is 24.3 Å². The van der Waals surface area contributed by atoms with Crippen molar-refractivity contribution in [2.24, 2.45) is 0 Å². The van der Waals surface area contributed by atoms with Gasteiger partial charge in [-0.2, -0.15) is 0 Å². The second-order valence-electron chi connectivity index (χ2n) is 5.22. The summed E-state index contributed by atoms with van der Waals surface area (Å²) in [5.74, 6) is -1.13. The van der Waals surface area contributed by atoms with Crippen molar-refractivity contribution < 1.29 is 14.8 Å². The number of hydrogen-bond donors (Lipinski definition) is 2. The quantitative estimate of drug-likeness (QED) is 0.584. The van der Waals surface area contributed by atoms with E-state index in [4.69, 9.17) is 5.11 Å². The molecule has 120 valence electrons. The Morgan fingerprint density at radius 2 is 1.91 bits per heavy atom. The van der Waals surface area contributed by atoms with Crippen LogP contribution in [-0.4, -0.2) is 16.0 Å². The van der Waals surface area contributed by atoms with E-state index < -0.39 is 10.9 Å². The Bertz CT molecular complexity index is 711. The zero-order valence-corrected chi connectivity index (χ0v) is 12.8. The van der Waals surface area contributed by atoms with Crippen molar-refractivity contribution in [3.8, 4) is 0 Å². The maximum Gasteiger partial charge on any atom is 0.335 e. The molecule has 0 spiro atoms. The van der Waals surface area contributed by atoms with E-state index in [9.17, 15) is 14.9 Å². The lowest BCUT2D eigenvalue weighted by atomic mass is 10.1. The molecule has 0 atom stereocenters. The van der Waals surface area contributed by atoms with Gasteiger partial charge in [-0.15, -0.1) is 0 Å². The maximum atomic E-state index is 11.1. The molecule has 2 rings (SSSR count). The number of nitro groups is 1. The monoisotopic (exact) mass is 314 g/mol. The third-order valence-electron chi connectivity index (χ3n) is 3.49. The summed E-state index contributed by atoms with van der Waals surface area (Å²) in [7, 11) is 0. The minimum absolute atomic E-state index is 0.00216. The fourth-order valence-electron chi connectivity index (χ4n) is 2.22. The van der Waals surface area contributed by atoms with Crippen molar-refractivity contribution in [2.75, 3.05) is 5.32 Å².